The van der Waals surface area contributed by atoms with E-state index in [9.17, 15) is 0 Å². The summed E-state index contributed by atoms with van der Waals surface area (Å²) in [4.78, 5) is 26.3. The Kier molecular flexibility index (Phi) is 9.40. The number of benzene rings is 3. The standard InChI is InChI=1S/C45H43Cl2N9O2/c1-25-19-31(20-26(2)41(25)47)58-18-10-11-32-33-14-15-35(46)40(39-28(4)50-53(7)29(39)5)42(33)56-27(3)22-54(45(57)43(32)56)37-23-52(6)36-16-13-30(21-34(36)37)44-49-24-55(51-44)38-12-8-9-17-48-38/h8-9,12-17,19-21,23-24,27H,10-11,18,22H2,1-7H3/t27-/m1/s1. The number of hydrogen-bond acceptors (Lipinski definition) is 6. The van der Waals surface area contributed by atoms with Gasteiger partial charge in [-0.1, -0.05) is 35.3 Å². The number of hydrogen-bond donors (Lipinski definition) is 0. The third-order valence-corrected chi connectivity index (χ3v) is 12.4. The fourth-order valence-corrected chi connectivity index (χ4v) is 9.01. The number of carbonyl (C=O) groups excluding carboxylic acids is 1. The molecule has 0 aliphatic carbocycles. The fourth-order valence-electron chi connectivity index (χ4n) is 8.66. The number of amides is 1. The minimum atomic E-state index is -0.0936. The number of ether oxygens (including phenoxy) is 1. The van der Waals surface area contributed by atoms with Gasteiger partial charge in [0.25, 0.3) is 5.91 Å². The Labute approximate surface area is 346 Å². The van der Waals surface area contributed by atoms with Crippen LogP contribution in [0.1, 0.15) is 58.0 Å². The smallest absolute Gasteiger partial charge is 0.275 e. The summed E-state index contributed by atoms with van der Waals surface area (Å²) >= 11 is 13.6. The highest BCUT2D eigenvalue weighted by molar-refractivity contribution is 6.35. The zero-order chi connectivity index (χ0) is 40.6. The molecule has 0 fully saturated rings. The van der Waals surface area contributed by atoms with Crippen LogP contribution in [0.25, 0.3) is 50.1 Å². The Balaban J connectivity index is 1.15. The predicted molar refractivity (Wildman–Crippen MR) is 231 cm³/mol. The van der Waals surface area contributed by atoms with Crippen LogP contribution in [0.15, 0.2) is 79.4 Å². The molecule has 1 amide bonds. The van der Waals surface area contributed by atoms with E-state index in [0.717, 1.165) is 83.0 Å². The molecule has 3 aromatic carbocycles. The Bertz CT molecular complexity index is 2900. The van der Waals surface area contributed by atoms with E-state index in [2.05, 4.69) is 51.1 Å². The van der Waals surface area contributed by atoms with Crippen molar-refractivity contribution in [3.63, 3.8) is 0 Å². The van der Waals surface area contributed by atoms with Crippen molar-refractivity contribution >= 4 is 56.6 Å². The van der Waals surface area contributed by atoms with Crippen LogP contribution in [0.5, 0.6) is 5.75 Å². The Hall–Kier alpha value is -5.91. The van der Waals surface area contributed by atoms with E-state index in [1.54, 1.807) is 17.2 Å². The number of nitrogens with zero attached hydrogens (tertiary/aromatic N) is 9. The first-order chi connectivity index (χ1) is 27.9. The van der Waals surface area contributed by atoms with Crippen molar-refractivity contribution < 1.29 is 9.53 Å². The summed E-state index contributed by atoms with van der Waals surface area (Å²) in [7, 11) is 3.96. The van der Waals surface area contributed by atoms with Crippen molar-refractivity contribution in [3.05, 3.63) is 123 Å². The molecule has 9 rings (SSSR count). The number of anilines is 1. The highest BCUT2D eigenvalue weighted by atomic mass is 35.5. The van der Waals surface area contributed by atoms with Crippen LogP contribution < -0.4 is 9.64 Å². The Morgan fingerprint density at radius 3 is 2.41 bits per heavy atom. The molecule has 0 N–H and O–H groups in total. The average molecular weight is 813 g/mol. The molecule has 294 valence electrons. The molecule has 1 aliphatic rings. The van der Waals surface area contributed by atoms with Gasteiger partial charge in [-0.3, -0.25) is 9.48 Å². The number of halogens is 2. The summed E-state index contributed by atoms with van der Waals surface area (Å²) < 4.78 is 14.1. The third kappa shape index (κ3) is 6.15. The molecule has 58 heavy (non-hydrogen) atoms. The summed E-state index contributed by atoms with van der Waals surface area (Å²) in [5.41, 5.74) is 11.0. The first-order valence-corrected chi connectivity index (χ1v) is 20.2. The van der Waals surface area contributed by atoms with Gasteiger partial charge in [0.2, 0.25) is 0 Å². The van der Waals surface area contributed by atoms with Gasteiger partial charge in [0.15, 0.2) is 11.6 Å². The zero-order valence-corrected chi connectivity index (χ0v) is 35.0. The van der Waals surface area contributed by atoms with Crippen LogP contribution >= 0.6 is 23.2 Å². The molecule has 13 heteroatoms. The van der Waals surface area contributed by atoms with Crippen LogP contribution in [0.2, 0.25) is 10.0 Å². The van der Waals surface area contributed by atoms with Crippen molar-refractivity contribution in [1.82, 2.24) is 38.7 Å². The van der Waals surface area contributed by atoms with Crippen molar-refractivity contribution in [1.29, 1.82) is 0 Å². The quantitative estimate of drug-likeness (QED) is 0.135. The van der Waals surface area contributed by atoms with Gasteiger partial charge in [-0.25, -0.2) is 14.6 Å². The summed E-state index contributed by atoms with van der Waals surface area (Å²) in [5, 5.41) is 12.8. The van der Waals surface area contributed by atoms with Gasteiger partial charge in [0.1, 0.15) is 17.8 Å². The van der Waals surface area contributed by atoms with Gasteiger partial charge in [-0.05, 0) is 113 Å². The molecule has 0 bridgehead atoms. The lowest BCUT2D eigenvalue weighted by Gasteiger charge is -2.34. The summed E-state index contributed by atoms with van der Waals surface area (Å²) in [6.07, 6.45) is 6.75. The Morgan fingerprint density at radius 2 is 1.69 bits per heavy atom. The molecular weight excluding hydrogens is 769 g/mol. The topological polar surface area (TPSA) is 101 Å². The molecule has 0 spiro atoms. The lowest BCUT2D eigenvalue weighted by Crippen LogP contribution is -2.42. The van der Waals surface area contributed by atoms with E-state index >= 15 is 4.79 Å². The molecule has 1 atom stereocenters. The number of aromatic nitrogens is 8. The lowest BCUT2D eigenvalue weighted by molar-refractivity contribution is 0.0957. The summed E-state index contributed by atoms with van der Waals surface area (Å²) in [6.45, 7) is 11.2. The van der Waals surface area contributed by atoms with E-state index in [1.165, 1.54) is 0 Å². The van der Waals surface area contributed by atoms with Crippen molar-refractivity contribution in [2.24, 2.45) is 14.1 Å². The first kappa shape index (κ1) is 37.7. The SMILES string of the molecule is Cc1cc(OCCCc2c3n(c4c(-c5c(C)nn(C)c5C)c(Cl)ccc24)[C@H](C)CN(c2cn(C)c4ccc(-c5ncn(-c6ccccn6)n5)cc24)C3=O)cc(C)c1Cl. The second-order valence-electron chi connectivity index (χ2n) is 15.3. The molecule has 5 aromatic heterocycles. The number of carbonyl (C=O) groups is 1. The van der Waals surface area contributed by atoms with Gasteiger partial charge in [0, 0.05) is 82.8 Å². The van der Waals surface area contributed by atoms with E-state index < -0.39 is 0 Å². The maximum atomic E-state index is 15.3. The van der Waals surface area contributed by atoms with Crippen molar-refractivity contribution in [2.75, 3.05) is 18.1 Å². The number of aryl methyl sites for hydroxylation is 6. The van der Waals surface area contributed by atoms with Gasteiger partial charge >= 0.3 is 0 Å². The van der Waals surface area contributed by atoms with Gasteiger partial charge in [-0.15, -0.1) is 5.10 Å². The van der Waals surface area contributed by atoms with Crippen LogP contribution in [0, 0.1) is 27.7 Å². The molecule has 0 saturated carbocycles. The highest BCUT2D eigenvalue weighted by Gasteiger charge is 2.37. The van der Waals surface area contributed by atoms with E-state index in [-0.39, 0.29) is 11.9 Å². The molecular formula is C45H43Cl2N9O2. The third-order valence-electron chi connectivity index (χ3n) is 11.5. The monoisotopic (exact) mass is 811 g/mol. The minimum Gasteiger partial charge on any atom is -0.494 e. The molecule has 8 aromatic rings. The van der Waals surface area contributed by atoms with E-state index in [4.69, 9.17) is 38.1 Å². The highest BCUT2D eigenvalue weighted by Crippen LogP contribution is 2.46. The van der Waals surface area contributed by atoms with Crippen LogP contribution in [-0.2, 0) is 20.5 Å². The van der Waals surface area contributed by atoms with E-state index in [0.29, 0.717) is 48.4 Å². The van der Waals surface area contributed by atoms with Gasteiger partial charge in [0.05, 0.1) is 28.5 Å². The van der Waals surface area contributed by atoms with Crippen LogP contribution in [-0.4, -0.2) is 57.7 Å². The molecule has 1 aliphatic heterocycles. The fraction of sp³-hybridized carbons (Fsp3) is 0.267. The van der Waals surface area contributed by atoms with Crippen LogP contribution in [0.4, 0.5) is 5.69 Å². The lowest BCUT2D eigenvalue weighted by atomic mass is 9.98. The molecule has 0 unspecified atom stereocenters. The normalized spacial score (nSPS) is 14.3. The molecule has 11 nitrogen and oxygen atoms in total. The number of pyridine rings is 1. The van der Waals surface area contributed by atoms with Crippen LogP contribution in [0.3, 0.4) is 0 Å². The van der Waals surface area contributed by atoms with E-state index in [1.807, 2.05) is 93.1 Å². The summed E-state index contributed by atoms with van der Waals surface area (Å²) in [5.74, 6) is 1.97. The van der Waals surface area contributed by atoms with Crippen molar-refractivity contribution in [2.45, 2.75) is 53.5 Å². The minimum absolute atomic E-state index is 0.0636. The average Bonchev–Trinajstić information content (AvgIpc) is 3.97. The maximum absolute atomic E-state index is 15.3. The number of rotatable bonds is 9. The second kappa shape index (κ2) is 14.5. The molecule has 0 saturated heterocycles. The summed E-state index contributed by atoms with van der Waals surface area (Å²) in [6, 6.07) is 19.7. The number of fused-ring (bicyclic) bond motifs is 4. The van der Waals surface area contributed by atoms with Crippen molar-refractivity contribution in [3.8, 4) is 34.1 Å². The van der Waals surface area contributed by atoms with Gasteiger partial charge in [-0.2, -0.15) is 5.10 Å². The molecule has 0 radical (unpaired) electrons. The Morgan fingerprint density at radius 1 is 0.897 bits per heavy atom. The van der Waals surface area contributed by atoms with Gasteiger partial charge < -0.3 is 18.8 Å². The first-order valence-electron chi connectivity index (χ1n) is 19.4. The zero-order valence-electron chi connectivity index (χ0n) is 33.5. The predicted octanol–water partition coefficient (Wildman–Crippen LogP) is 9.95. The maximum Gasteiger partial charge on any atom is 0.275 e. The second-order valence-corrected chi connectivity index (χ2v) is 16.1. The largest absolute Gasteiger partial charge is 0.494 e. The molecule has 6 heterocycles.